The Morgan fingerprint density at radius 3 is 2.71 bits per heavy atom. The normalized spacial score (nSPS) is 11.8. The number of fused-ring (bicyclic) bond motifs is 1. The molecule has 34 heavy (non-hydrogen) atoms. The number of carbonyl (C=O) groups excluding carboxylic acids is 1. The second-order valence-electron chi connectivity index (χ2n) is 7.69. The fourth-order valence-electron chi connectivity index (χ4n) is 3.72. The van der Waals surface area contributed by atoms with Gasteiger partial charge in [-0.3, -0.25) is 9.78 Å². The van der Waals surface area contributed by atoms with Crippen LogP contribution in [-0.2, 0) is 0 Å². The number of hydrogen-bond donors (Lipinski definition) is 2. The fraction of sp³-hybridized carbons (Fsp3) is 0.240. The molecule has 3 aromatic heterocycles. The molecule has 0 aliphatic rings. The Bertz CT molecular complexity index is 1310. The highest BCUT2D eigenvalue weighted by molar-refractivity contribution is 6.06. The van der Waals surface area contributed by atoms with Gasteiger partial charge in [0, 0.05) is 48.8 Å². The van der Waals surface area contributed by atoms with Crippen LogP contribution in [0.5, 0.6) is 5.88 Å². The highest BCUT2D eigenvalue weighted by Crippen LogP contribution is 2.28. The molecule has 0 saturated carbocycles. The first-order valence-electron chi connectivity index (χ1n) is 11.0. The summed E-state index contributed by atoms with van der Waals surface area (Å²) < 4.78 is 19.7. The van der Waals surface area contributed by atoms with E-state index in [1.165, 1.54) is 13.4 Å². The van der Waals surface area contributed by atoms with Gasteiger partial charge in [0.1, 0.15) is 12.1 Å². The molecule has 1 atom stereocenters. The highest BCUT2D eigenvalue weighted by Gasteiger charge is 2.19. The zero-order valence-corrected chi connectivity index (χ0v) is 19.2. The minimum absolute atomic E-state index is 0.00100. The number of aromatic nitrogens is 4. The van der Waals surface area contributed by atoms with Gasteiger partial charge >= 0.3 is 0 Å². The molecule has 9 heteroatoms. The van der Waals surface area contributed by atoms with Gasteiger partial charge in [-0.1, -0.05) is 25.1 Å². The number of anilines is 1. The van der Waals surface area contributed by atoms with Gasteiger partial charge in [-0.25, -0.2) is 19.3 Å². The van der Waals surface area contributed by atoms with Gasteiger partial charge in [0.15, 0.2) is 5.82 Å². The van der Waals surface area contributed by atoms with E-state index in [0.717, 1.165) is 23.0 Å². The van der Waals surface area contributed by atoms with Gasteiger partial charge in [-0.05, 0) is 18.6 Å². The number of ether oxygens (including phenoxy) is 1. The lowest BCUT2D eigenvalue weighted by molar-refractivity contribution is 0.0960. The number of carbonyl (C=O) groups is 1. The van der Waals surface area contributed by atoms with Crippen molar-refractivity contribution in [3.05, 3.63) is 72.1 Å². The van der Waals surface area contributed by atoms with Crippen LogP contribution in [-0.4, -0.2) is 46.0 Å². The minimum atomic E-state index is -0.646. The molecule has 2 N–H and O–H groups in total. The summed E-state index contributed by atoms with van der Waals surface area (Å²) in [6.07, 6.45) is 4.31. The van der Waals surface area contributed by atoms with E-state index in [-0.39, 0.29) is 11.5 Å². The second-order valence-corrected chi connectivity index (χ2v) is 7.69. The second kappa shape index (κ2) is 10.2. The van der Waals surface area contributed by atoms with E-state index in [9.17, 15) is 9.18 Å². The van der Waals surface area contributed by atoms with Crippen molar-refractivity contribution >= 4 is 22.6 Å². The molecule has 3 heterocycles. The molecule has 0 aliphatic carbocycles. The molecule has 0 aliphatic heterocycles. The predicted molar refractivity (Wildman–Crippen MR) is 128 cm³/mol. The van der Waals surface area contributed by atoms with E-state index in [2.05, 4.69) is 30.6 Å². The lowest BCUT2D eigenvalue weighted by Gasteiger charge is -2.17. The average Bonchev–Trinajstić information content (AvgIpc) is 2.87. The topological polar surface area (TPSA) is 102 Å². The molecule has 8 nitrogen and oxygen atoms in total. The Balaban J connectivity index is 1.54. The summed E-state index contributed by atoms with van der Waals surface area (Å²) in [5, 5.41) is 6.31. The van der Waals surface area contributed by atoms with E-state index in [4.69, 9.17) is 4.74 Å². The van der Waals surface area contributed by atoms with E-state index in [1.54, 1.807) is 18.3 Å². The molecule has 0 fully saturated rings. The molecule has 4 rings (SSSR count). The molecule has 0 bridgehead atoms. The molecular weight excluding hydrogens is 435 g/mol. The Morgan fingerprint density at radius 2 is 1.97 bits per heavy atom. The van der Waals surface area contributed by atoms with Crippen LogP contribution in [0.2, 0.25) is 0 Å². The number of halogens is 1. The lowest BCUT2D eigenvalue weighted by atomic mass is 9.96. The van der Waals surface area contributed by atoms with E-state index >= 15 is 0 Å². The van der Waals surface area contributed by atoms with Crippen molar-refractivity contribution in [1.82, 2.24) is 25.3 Å². The maximum absolute atomic E-state index is 14.3. The third kappa shape index (κ3) is 4.78. The summed E-state index contributed by atoms with van der Waals surface area (Å²) in [4.78, 5) is 29.4. The SMILES string of the molecule is CCOc1ccc(-c2cc(NC[C@@H](C)c3cccc4c(C(=O)NC)c(F)cnc34)ncn2)cn1. The van der Waals surface area contributed by atoms with Crippen LogP contribution in [0.4, 0.5) is 10.2 Å². The van der Waals surface area contributed by atoms with Crippen LogP contribution >= 0.6 is 0 Å². The Labute approximate surface area is 196 Å². The van der Waals surface area contributed by atoms with Crippen molar-refractivity contribution < 1.29 is 13.9 Å². The molecule has 0 saturated heterocycles. The number of rotatable bonds is 8. The standard InChI is InChI=1S/C25H25FN6O2/c1-4-34-22-9-8-16(12-29-22)20-10-21(32-14-31-20)28-11-15(2)17-6-5-7-18-23(25(33)27-3)19(26)13-30-24(17)18/h5-10,12-15H,4,11H2,1-3H3,(H,27,33)(H,28,31,32)/t15-/m1/s1. The number of pyridine rings is 2. The van der Waals surface area contributed by atoms with E-state index < -0.39 is 11.7 Å². The van der Waals surface area contributed by atoms with Crippen LogP contribution in [0.15, 0.2) is 55.1 Å². The molecule has 0 radical (unpaired) electrons. The zero-order valence-electron chi connectivity index (χ0n) is 19.2. The number of nitrogens with zero attached hydrogens (tertiary/aromatic N) is 4. The first-order chi connectivity index (χ1) is 16.5. The van der Waals surface area contributed by atoms with Gasteiger partial charge in [0.2, 0.25) is 5.88 Å². The quantitative estimate of drug-likeness (QED) is 0.406. The molecule has 1 aromatic carbocycles. The van der Waals surface area contributed by atoms with Crippen molar-refractivity contribution in [3.63, 3.8) is 0 Å². The van der Waals surface area contributed by atoms with Gasteiger partial charge in [-0.2, -0.15) is 0 Å². The summed E-state index contributed by atoms with van der Waals surface area (Å²) in [5.74, 6) is 0.105. The third-order valence-electron chi connectivity index (χ3n) is 5.45. The minimum Gasteiger partial charge on any atom is -0.478 e. The van der Waals surface area contributed by atoms with E-state index in [1.807, 2.05) is 38.1 Å². The molecular formula is C25H25FN6O2. The molecule has 0 unspecified atom stereocenters. The van der Waals surface area contributed by atoms with Crippen LogP contribution in [0.1, 0.15) is 35.7 Å². The van der Waals surface area contributed by atoms with Gasteiger partial charge in [0.25, 0.3) is 5.91 Å². The Kier molecular flexibility index (Phi) is 6.91. The maximum Gasteiger partial charge on any atom is 0.254 e. The summed E-state index contributed by atoms with van der Waals surface area (Å²) in [6.45, 7) is 5.04. The maximum atomic E-state index is 14.3. The van der Waals surface area contributed by atoms with Crippen molar-refractivity contribution in [1.29, 1.82) is 0 Å². The summed E-state index contributed by atoms with van der Waals surface area (Å²) in [5.41, 5.74) is 3.09. The first kappa shape index (κ1) is 23.0. The van der Waals surface area contributed by atoms with Gasteiger partial charge < -0.3 is 15.4 Å². The summed E-state index contributed by atoms with van der Waals surface area (Å²) >= 11 is 0. The number of amides is 1. The molecule has 174 valence electrons. The average molecular weight is 461 g/mol. The Morgan fingerprint density at radius 1 is 1.12 bits per heavy atom. The molecule has 0 spiro atoms. The number of hydrogen-bond acceptors (Lipinski definition) is 7. The van der Waals surface area contributed by atoms with Crippen molar-refractivity contribution in [2.24, 2.45) is 0 Å². The van der Waals surface area contributed by atoms with Crippen molar-refractivity contribution in [3.8, 4) is 17.1 Å². The Hall–Kier alpha value is -4.14. The molecule has 4 aromatic rings. The smallest absolute Gasteiger partial charge is 0.254 e. The van der Waals surface area contributed by atoms with Gasteiger partial charge in [0.05, 0.1) is 29.6 Å². The zero-order chi connectivity index (χ0) is 24.1. The number of benzene rings is 1. The predicted octanol–water partition coefficient (Wildman–Crippen LogP) is 4.20. The van der Waals surface area contributed by atoms with Crippen LogP contribution < -0.4 is 15.4 Å². The molecule has 1 amide bonds. The fourth-order valence-corrected chi connectivity index (χ4v) is 3.72. The number of para-hydroxylation sites is 1. The van der Waals surface area contributed by atoms with Crippen LogP contribution in [0.3, 0.4) is 0 Å². The monoisotopic (exact) mass is 460 g/mol. The lowest BCUT2D eigenvalue weighted by Crippen LogP contribution is -2.20. The van der Waals surface area contributed by atoms with E-state index in [0.29, 0.717) is 35.8 Å². The highest BCUT2D eigenvalue weighted by atomic mass is 19.1. The van der Waals surface area contributed by atoms with Crippen LogP contribution in [0, 0.1) is 5.82 Å². The third-order valence-corrected chi connectivity index (χ3v) is 5.45. The van der Waals surface area contributed by atoms with Crippen molar-refractivity contribution in [2.45, 2.75) is 19.8 Å². The first-order valence-corrected chi connectivity index (χ1v) is 11.0. The number of nitrogens with one attached hydrogen (secondary N) is 2. The van der Waals surface area contributed by atoms with Crippen molar-refractivity contribution in [2.75, 3.05) is 25.5 Å². The summed E-state index contributed by atoms with van der Waals surface area (Å²) in [6, 6.07) is 11.0. The van der Waals surface area contributed by atoms with Crippen LogP contribution in [0.25, 0.3) is 22.2 Å². The largest absolute Gasteiger partial charge is 0.478 e. The summed E-state index contributed by atoms with van der Waals surface area (Å²) in [7, 11) is 1.48. The van der Waals surface area contributed by atoms with Gasteiger partial charge in [-0.15, -0.1) is 0 Å².